The van der Waals surface area contributed by atoms with E-state index < -0.39 is 0 Å². The number of anilines is 2. The minimum atomic E-state index is -0.346. The number of hydrogen-bond donors (Lipinski definition) is 2. The molecule has 2 fully saturated rings. The molecule has 0 bridgehead atoms. The number of amides is 3. The molecule has 0 saturated carbocycles. The maximum Gasteiger partial charge on any atom is 0.409 e. The van der Waals surface area contributed by atoms with Crippen molar-refractivity contribution in [3.05, 3.63) is 53.6 Å². The fourth-order valence-electron chi connectivity index (χ4n) is 4.71. The lowest BCUT2D eigenvalue weighted by atomic mass is 10.1. The maximum absolute atomic E-state index is 13.3. The van der Waals surface area contributed by atoms with E-state index in [1.807, 2.05) is 17.0 Å². The van der Waals surface area contributed by atoms with Crippen molar-refractivity contribution in [2.24, 2.45) is 0 Å². The zero-order valence-corrected chi connectivity index (χ0v) is 21.5. The highest BCUT2D eigenvalue weighted by molar-refractivity contribution is 6.07. The Balaban J connectivity index is 1.62. The van der Waals surface area contributed by atoms with Crippen LogP contribution in [0.2, 0.25) is 0 Å². The minimum absolute atomic E-state index is 0.0557. The molecule has 37 heavy (non-hydrogen) atoms. The van der Waals surface area contributed by atoms with Crippen LogP contribution in [0.3, 0.4) is 0 Å². The number of nitrogens with one attached hydrogen (secondary N) is 2. The molecular formula is C27H35N5O5. The molecule has 2 saturated heterocycles. The summed E-state index contributed by atoms with van der Waals surface area (Å²) < 4.78 is 10.2. The van der Waals surface area contributed by atoms with Crippen molar-refractivity contribution >= 4 is 29.3 Å². The normalized spacial score (nSPS) is 16.4. The fraction of sp³-hybridized carbons (Fsp3) is 0.444. The number of benzene rings is 2. The van der Waals surface area contributed by atoms with Crippen LogP contribution in [0.15, 0.2) is 42.5 Å². The Bertz CT molecular complexity index is 1120. The van der Waals surface area contributed by atoms with Crippen molar-refractivity contribution in [3.63, 3.8) is 0 Å². The number of rotatable bonds is 5. The first-order chi connectivity index (χ1) is 18.0. The Labute approximate surface area is 217 Å². The number of carbonyl (C=O) groups is 3. The average Bonchev–Trinajstić information content (AvgIpc) is 3.36. The summed E-state index contributed by atoms with van der Waals surface area (Å²) in [6, 6.07) is 12.4. The molecule has 2 aromatic rings. The predicted molar refractivity (Wildman–Crippen MR) is 142 cm³/mol. The van der Waals surface area contributed by atoms with E-state index in [9.17, 15) is 14.4 Å². The van der Waals surface area contributed by atoms with Crippen LogP contribution in [-0.2, 0) is 4.74 Å². The van der Waals surface area contributed by atoms with Crippen LogP contribution in [0.4, 0.5) is 16.2 Å². The summed E-state index contributed by atoms with van der Waals surface area (Å²) in [4.78, 5) is 44.3. The van der Waals surface area contributed by atoms with E-state index in [4.69, 9.17) is 9.47 Å². The van der Waals surface area contributed by atoms with Crippen molar-refractivity contribution in [1.82, 2.24) is 15.1 Å². The lowest BCUT2D eigenvalue weighted by Crippen LogP contribution is -2.35. The summed E-state index contributed by atoms with van der Waals surface area (Å²) in [5.41, 5.74) is 2.33. The summed E-state index contributed by atoms with van der Waals surface area (Å²) in [5.74, 6) is 0.233. The van der Waals surface area contributed by atoms with Gasteiger partial charge in [0.05, 0.1) is 25.6 Å². The Morgan fingerprint density at radius 1 is 0.838 bits per heavy atom. The molecule has 2 aliphatic heterocycles. The van der Waals surface area contributed by atoms with Crippen molar-refractivity contribution in [1.29, 1.82) is 0 Å². The van der Waals surface area contributed by atoms with Gasteiger partial charge in [-0.05, 0) is 55.8 Å². The molecule has 10 nitrogen and oxygen atoms in total. The first-order valence-corrected chi connectivity index (χ1v) is 12.7. The topological polar surface area (TPSA) is 103 Å². The van der Waals surface area contributed by atoms with Crippen molar-refractivity contribution in [2.45, 2.75) is 12.8 Å². The molecular weight excluding hydrogens is 474 g/mol. The van der Waals surface area contributed by atoms with Crippen LogP contribution in [-0.4, -0.2) is 94.3 Å². The van der Waals surface area contributed by atoms with E-state index in [2.05, 4.69) is 15.5 Å². The zero-order valence-electron chi connectivity index (χ0n) is 21.5. The molecule has 10 heteroatoms. The van der Waals surface area contributed by atoms with Crippen LogP contribution in [0.5, 0.6) is 5.75 Å². The largest absolute Gasteiger partial charge is 0.497 e. The predicted octanol–water partition coefficient (Wildman–Crippen LogP) is 2.66. The molecule has 0 atom stereocenters. The first kappa shape index (κ1) is 26.3. The van der Waals surface area contributed by atoms with Crippen LogP contribution in [0, 0.1) is 0 Å². The average molecular weight is 510 g/mol. The molecule has 0 aliphatic carbocycles. The second kappa shape index (κ2) is 12.4. The van der Waals surface area contributed by atoms with Gasteiger partial charge in [0, 0.05) is 56.9 Å². The monoisotopic (exact) mass is 509 g/mol. The second-order valence-corrected chi connectivity index (χ2v) is 9.11. The van der Waals surface area contributed by atoms with E-state index in [0.717, 1.165) is 31.6 Å². The van der Waals surface area contributed by atoms with Gasteiger partial charge >= 0.3 is 6.09 Å². The number of nitrogens with zero attached hydrogens (tertiary/aromatic N) is 3. The summed E-state index contributed by atoms with van der Waals surface area (Å²) in [5, 5.41) is 6.34. The van der Waals surface area contributed by atoms with Crippen LogP contribution < -0.4 is 20.3 Å². The molecule has 0 unspecified atom stereocenters. The number of methoxy groups -OCH3 is 2. The molecule has 2 aliphatic rings. The van der Waals surface area contributed by atoms with E-state index >= 15 is 0 Å². The number of ether oxygens (including phenoxy) is 2. The lowest BCUT2D eigenvalue weighted by Gasteiger charge is -2.27. The van der Waals surface area contributed by atoms with Gasteiger partial charge in [0.2, 0.25) is 0 Å². The standard InChI is InChI=1S/C27H35N5O5/c1-36-22-7-3-6-20(18-22)25(33)29-23-19-21(26(34)31-12-4-10-28-11-15-31)8-9-24(23)30-13-5-14-32(17-16-30)27(35)37-2/h3,6-9,18-19,28H,4-5,10-17H2,1-2H3,(H,29,33). The number of hydrogen-bond acceptors (Lipinski definition) is 7. The van der Waals surface area contributed by atoms with Gasteiger partial charge < -0.3 is 34.8 Å². The minimum Gasteiger partial charge on any atom is -0.497 e. The molecule has 0 aromatic heterocycles. The van der Waals surface area contributed by atoms with Gasteiger partial charge in [0.1, 0.15) is 5.75 Å². The molecule has 0 radical (unpaired) electrons. The Kier molecular flexibility index (Phi) is 8.84. The second-order valence-electron chi connectivity index (χ2n) is 9.11. The van der Waals surface area contributed by atoms with Gasteiger partial charge in [-0.2, -0.15) is 0 Å². The van der Waals surface area contributed by atoms with Crippen molar-refractivity contribution in [3.8, 4) is 5.75 Å². The van der Waals surface area contributed by atoms with E-state index in [1.54, 1.807) is 42.3 Å². The molecule has 2 aromatic carbocycles. The smallest absolute Gasteiger partial charge is 0.409 e. The fourth-order valence-corrected chi connectivity index (χ4v) is 4.71. The third kappa shape index (κ3) is 6.51. The summed E-state index contributed by atoms with van der Waals surface area (Å²) >= 11 is 0. The van der Waals surface area contributed by atoms with Gasteiger partial charge in [-0.15, -0.1) is 0 Å². The SMILES string of the molecule is COC(=O)N1CCCN(c2ccc(C(=O)N3CCCNCC3)cc2NC(=O)c2cccc(OC)c2)CC1. The summed E-state index contributed by atoms with van der Waals surface area (Å²) in [7, 11) is 2.94. The van der Waals surface area contributed by atoms with Gasteiger partial charge in [0.25, 0.3) is 11.8 Å². The van der Waals surface area contributed by atoms with Crippen molar-refractivity contribution in [2.75, 3.05) is 76.8 Å². The highest BCUT2D eigenvalue weighted by atomic mass is 16.5. The van der Waals surface area contributed by atoms with Gasteiger partial charge in [-0.25, -0.2) is 4.79 Å². The highest BCUT2D eigenvalue weighted by Gasteiger charge is 2.24. The highest BCUT2D eigenvalue weighted by Crippen LogP contribution is 2.30. The first-order valence-electron chi connectivity index (χ1n) is 12.7. The summed E-state index contributed by atoms with van der Waals surface area (Å²) in [6.07, 6.45) is 1.30. The van der Waals surface area contributed by atoms with Crippen molar-refractivity contribution < 1.29 is 23.9 Å². The quantitative estimate of drug-likeness (QED) is 0.639. The lowest BCUT2D eigenvalue weighted by molar-refractivity contribution is 0.0766. The Hall–Kier alpha value is -3.79. The van der Waals surface area contributed by atoms with Crippen LogP contribution >= 0.6 is 0 Å². The third-order valence-corrected chi connectivity index (χ3v) is 6.72. The molecule has 4 rings (SSSR count). The third-order valence-electron chi connectivity index (χ3n) is 6.72. The molecule has 0 spiro atoms. The van der Waals surface area contributed by atoms with Gasteiger partial charge in [-0.3, -0.25) is 9.59 Å². The number of carbonyl (C=O) groups excluding carboxylic acids is 3. The zero-order chi connectivity index (χ0) is 26.2. The van der Waals surface area contributed by atoms with E-state index in [0.29, 0.717) is 61.8 Å². The van der Waals surface area contributed by atoms with E-state index in [1.165, 1.54) is 7.11 Å². The Morgan fingerprint density at radius 2 is 1.68 bits per heavy atom. The van der Waals surface area contributed by atoms with Crippen LogP contribution in [0.1, 0.15) is 33.6 Å². The molecule has 198 valence electrons. The summed E-state index contributed by atoms with van der Waals surface area (Å²) in [6.45, 7) is 5.33. The van der Waals surface area contributed by atoms with Gasteiger partial charge in [0.15, 0.2) is 0 Å². The van der Waals surface area contributed by atoms with Gasteiger partial charge in [-0.1, -0.05) is 6.07 Å². The Morgan fingerprint density at radius 3 is 2.49 bits per heavy atom. The molecule has 2 heterocycles. The van der Waals surface area contributed by atoms with Crippen LogP contribution in [0.25, 0.3) is 0 Å². The molecule has 3 amide bonds. The molecule has 2 N–H and O–H groups in total. The van der Waals surface area contributed by atoms with E-state index in [-0.39, 0.29) is 17.9 Å². The maximum atomic E-state index is 13.3.